The molecule has 0 radical (unpaired) electrons. The number of carboxylic acids is 1. The summed E-state index contributed by atoms with van der Waals surface area (Å²) in [5, 5.41) is 20.4. The van der Waals surface area contributed by atoms with Crippen LogP contribution in [0.1, 0.15) is 99.5 Å². The number of ether oxygens (including phenoxy) is 7. The Bertz CT molecular complexity index is 1700. The van der Waals surface area contributed by atoms with Crippen molar-refractivity contribution in [1.82, 2.24) is 21.3 Å². The summed E-state index contributed by atoms with van der Waals surface area (Å²) in [4.78, 5) is 118. The van der Waals surface area contributed by atoms with Gasteiger partial charge in [0.05, 0.1) is 5.41 Å². The highest BCUT2D eigenvalue weighted by Gasteiger charge is 2.55. The lowest BCUT2D eigenvalue weighted by molar-refractivity contribution is -0.184. The van der Waals surface area contributed by atoms with Crippen LogP contribution in [0.2, 0.25) is 0 Å². The number of carbonyl (C=O) groups is 9. The number of benzene rings is 1. The van der Waals surface area contributed by atoms with E-state index in [2.05, 4.69) is 21.3 Å². The molecule has 1 aromatic rings. The Morgan fingerprint density at radius 3 is 1.83 bits per heavy atom. The summed E-state index contributed by atoms with van der Waals surface area (Å²) in [7, 11) is 0. The van der Waals surface area contributed by atoms with Crippen LogP contribution in [-0.2, 0) is 68.5 Å². The number of carbonyl (C=O) groups excluding carboxylic acids is 8. The standard InChI is InChI=1S/C42H62N4O17/c1-39(2,3)61-36(54)43-20-12-17-28(47)58-24-42(25-59-29(48)18-13-21-44-37(55)62-40(4,5)6)26-60-30(49)19-14-22-45-38(56)63-41(7,8)35(53)46-32(33(50)51)31(42)34(52)57-23-27-15-10-9-11-16-27/h9-11,15-16,31-32H,12-14,17-26H2,1-8H3,(H,43,54)(H,44,55)(H,45,56)(H,46,53)(H,50,51). The van der Waals surface area contributed by atoms with E-state index >= 15 is 0 Å². The summed E-state index contributed by atoms with van der Waals surface area (Å²) < 4.78 is 38.1. The predicted molar refractivity (Wildman–Crippen MR) is 219 cm³/mol. The van der Waals surface area contributed by atoms with E-state index < -0.39 is 115 Å². The molecule has 2 rings (SSSR count). The van der Waals surface area contributed by atoms with E-state index in [1.165, 1.54) is 13.8 Å². The van der Waals surface area contributed by atoms with Crippen molar-refractivity contribution in [3.05, 3.63) is 35.9 Å². The summed E-state index contributed by atoms with van der Waals surface area (Å²) in [6.45, 7) is 8.95. The number of esters is 4. The van der Waals surface area contributed by atoms with Crippen LogP contribution >= 0.6 is 0 Å². The van der Waals surface area contributed by atoms with Crippen LogP contribution in [0.25, 0.3) is 0 Å². The van der Waals surface area contributed by atoms with E-state index in [-0.39, 0.29) is 58.2 Å². The molecule has 0 bridgehead atoms. The number of rotatable bonds is 16. The van der Waals surface area contributed by atoms with Gasteiger partial charge in [0.2, 0.25) is 0 Å². The molecule has 352 valence electrons. The maximum Gasteiger partial charge on any atom is 0.408 e. The molecule has 0 aromatic heterocycles. The SMILES string of the molecule is CC(C)(C)OC(=O)NCCCC(=O)OCC1(COC(=O)CCCNC(=O)OC(C)(C)C)COC(=O)CCCNC(=O)OC(C)(C)C(=O)NC(C(=O)O)C1C(=O)OCc1ccccc1. The van der Waals surface area contributed by atoms with E-state index in [9.17, 15) is 48.3 Å². The van der Waals surface area contributed by atoms with Crippen LogP contribution in [0.15, 0.2) is 30.3 Å². The molecule has 1 heterocycles. The summed E-state index contributed by atoms with van der Waals surface area (Å²) in [5.74, 6) is -9.23. The molecule has 21 nitrogen and oxygen atoms in total. The number of nitrogens with one attached hydrogen (secondary N) is 4. The first-order valence-corrected chi connectivity index (χ1v) is 20.4. The number of alkyl carbamates (subject to hydrolysis) is 3. The molecule has 1 aliphatic rings. The first-order valence-electron chi connectivity index (χ1n) is 20.4. The predicted octanol–water partition coefficient (Wildman–Crippen LogP) is 3.44. The lowest BCUT2D eigenvalue weighted by atomic mass is 9.72. The Labute approximate surface area is 366 Å². The van der Waals surface area contributed by atoms with Crippen molar-refractivity contribution in [3.8, 4) is 0 Å². The van der Waals surface area contributed by atoms with Crippen molar-refractivity contribution in [2.45, 2.75) is 123 Å². The van der Waals surface area contributed by atoms with E-state index in [4.69, 9.17) is 33.2 Å². The fraction of sp³-hybridized carbons (Fsp3) is 0.643. The number of aliphatic carboxylic acids is 1. The first-order chi connectivity index (χ1) is 29.3. The Kier molecular flexibility index (Phi) is 20.6. The van der Waals surface area contributed by atoms with Crippen molar-refractivity contribution >= 4 is 54.0 Å². The fourth-order valence-corrected chi connectivity index (χ4v) is 5.66. The Morgan fingerprint density at radius 1 is 0.810 bits per heavy atom. The van der Waals surface area contributed by atoms with Crippen molar-refractivity contribution < 1.29 is 81.4 Å². The van der Waals surface area contributed by atoms with Crippen LogP contribution in [0.5, 0.6) is 0 Å². The molecule has 2 unspecified atom stereocenters. The highest BCUT2D eigenvalue weighted by Crippen LogP contribution is 2.36. The third-order valence-corrected chi connectivity index (χ3v) is 8.76. The third-order valence-electron chi connectivity index (χ3n) is 8.76. The molecule has 2 atom stereocenters. The number of hydrogen-bond donors (Lipinski definition) is 5. The molecule has 1 saturated heterocycles. The monoisotopic (exact) mass is 894 g/mol. The summed E-state index contributed by atoms with van der Waals surface area (Å²) >= 11 is 0. The van der Waals surface area contributed by atoms with Crippen LogP contribution in [-0.4, -0.2) is 121 Å². The molecular weight excluding hydrogens is 832 g/mol. The molecule has 1 aromatic carbocycles. The number of amides is 4. The largest absolute Gasteiger partial charge is 0.480 e. The Hall–Kier alpha value is -6.15. The van der Waals surface area contributed by atoms with E-state index in [1.54, 1.807) is 71.9 Å². The van der Waals surface area contributed by atoms with Gasteiger partial charge in [-0.1, -0.05) is 30.3 Å². The average Bonchev–Trinajstić information content (AvgIpc) is 3.17. The van der Waals surface area contributed by atoms with Gasteiger partial charge in [-0.15, -0.1) is 0 Å². The zero-order chi connectivity index (χ0) is 47.4. The van der Waals surface area contributed by atoms with Gasteiger partial charge in [0, 0.05) is 38.9 Å². The van der Waals surface area contributed by atoms with Crippen LogP contribution in [0, 0.1) is 11.3 Å². The normalized spacial score (nSPS) is 18.2. The van der Waals surface area contributed by atoms with Gasteiger partial charge >= 0.3 is 48.1 Å². The van der Waals surface area contributed by atoms with Crippen molar-refractivity contribution in [2.24, 2.45) is 11.3 Å². The highest BCUT2D eigenvalue weighted by molar-refractivity contribution is 5.93. The maximum atomic E-state index is 14.5. The van der Waals surface area contributed by atoms with E-state index in [0.717, 1.165) is 0 Å². The van der Waals surface area contributed by atoms with Crippen molar-refractivity contribution in [2.75, 3.05) is 39.5 Å². The molecule has 0 saturated carbocycles. The second-order valence-corrected chi connectivity index (χ2v) is 17.2. The molecule has 1 fully saturated rings. The Morgan fingerprint density at radius 2 is 1.33 bits per heavy atom. The van der Waals surface area contributed by atoms with Gasteiger partial charge < -0.3 is 59.5 Å². The zero-order valence-electron chi connectivity index (χ0n) is 37.2. The van der Waals surface area contributed by atoms with Gasteiger partial charge in [-0.25, -0.2) is 19.2 Å². The van der Waals surface area contributed by atoms with Gasteiger partial charge in [0.25, 0.3) is 5.91 Å². The van der Waals surface area contributed by atoms with Gasteiger partial charge in [0.15, 0.2) is 5.60 Å². The minimum atomic E-state index is -2.30. The maximum absolute atomic E-state index is 14.5. The van der Waals surface area contributed by atoms with Crippen LogP contribution < -0.4 is 21.3 Å². The lowest BCUT2D eigenvalue weighted by Gasteiger charge is -2.40. The van der Waals surface area contributed by atoms with Gasteiger partial charge in [-0.3, -0.25) is 24.0 Å². The van der Waals surface area contributed by atoms with Crippen molar-refractivity contribution in [1.29, 1.82) is 0 Å². The molecular formula is C42H62N4O17. The molecule has 63 heavy (non-hydrogen) atoms. The quantitative estimate of drug-likeness (QED) is 0.0902. The fourth-order valence-electron chi connectivity index (χ4n) is 5.66. The van der Waals surface area contributed by atoms with Gasteiger partial charge in [-0.05, 0) is 80.2 Å². The van der Waals surface area contributed by atoms with E-state index in [1.807, 2.05) is 0 Å². The topological polar surface area (TPSA) is 287 Å². The minimum absolute atomic E-state index is 0.00644. The Balaban J connectivity index is 2.64. The molecule has 0 aliphatic carbocycles. The number of cyclic esters (lactones) is 2. The van der Waals surface area contributed by atoms with Gasteiger partial charge in [-0.2, -0.15) is 0 Å². The molecule has 21 heteroatoms. The minimum Gasteiger partial charge on any atom is -0.480 e. The lowest BCUT2D eigenvalue weighted by Crippen LogP contribution is -2.62. The van der Waals surface area contributed by atoms with Crippen LogP contribution in [0.3, 0.4) is 0 Å². The first kappa shape index (κ1) is 53.0. The summed E-state index contributed by atoms with van der Waals surface area (Å²) in [5.41, 5.74) is -5.45. The summed E-state index contributed by atoms with van der Waals surface area (Å²) in [6, 6.07) is 5.93. The van der Waals surface area contributed by atoms with Crippen LogP contribution in [0.4, 0.5) is 14.4 Å². The second kappa shape index (κ2) is 24.5. The molecule has 0 spiro atoms. The van der Waals surface area contributed by atoms with Gasteiger partial charge in [0.1, 0.15) is 49.6 Å². The highest BCUT2D eigenvalue weighted by atomic mass is 16.6. The molecule has 4 amide bonds. The average molecular weight is 895 g/mol. The third kappa shape index (κ3) is 20.5. The second-order valence-electron chi connectivity index (χ2n) is 17.2. The molecule has 1 aliphatic heterocycles. The molecule has 5 N–H and O–H groups in total. The smallest absolute Gasteiger partial charge is 0.408 e. The number of carboxylic acid groups (broad SMARTS) is 1. The number of hydrogen-bond acceptors (Lipinski definition) is 16. The van der Waals surface area contributed by atoms with Crippen molar-refractivity contribution in [3.63, 3.8) is 0 Å². The zero-order valence-corrected chi connectivity index (χ0v) is 37.2. The van der Waals surface area contributed by atoms with E-state index in [0.29, 0.717) is 5.56 Å². The summed E-state index contributed by atoms with van der Waals surface area (Å²) in [6.07, 6.45) is -3.45.